The van der Waals surface area contributed by atoms with Crippen molar-refractivity contribution in [3.63, 3.8) is 0 Å². The van der Waals surface area contributed by atoms with E-state index >= 15 is 0 Å². The molecule has 1 heterocycles. The molecule has 1 aliphatic rings. The van der Waals surface area contributed by atoms with Gasteiger partial charge in [0.05, 0.1) is 6.61 Å². The Morgan fingerprint density at radius 3 is 1.35 bits per heavy atom. The minimum atomic E-state index is -1.92. The van der Waals surface area contributed by atoms with Crippen LogP contribution < -0.4 is 0 Å². The Kier molecular flexibility index (Phi) is 46.2. The lowest BCUT2D eigenvalue weighted by Crippen LogP contribution is -2.61. The molecule has 0 aromatic rings. The fourth-order valence-corrected chi connectivity index (χ4v) is 8.21. The van der Waals surface area contributed by atoms with Crippen molar-refractivity contribution in [2.45, 2.75) is 263 Å². The summed E-state index contributed by atoms with van der Waals surface area (Å²) in [4.78, 5) is 51.0. The molecule has 3 N–H and O–H groups in total. The van der Waals surface area contributed by atoms with Crippen molar-refractivity contribution >= 4 is 23.9 Å². The first-order valence-electron chi connectivity index (χ1n) is 29.2. The van der Waals surface area contributed by atoms with E-state index in [-0.39, 0.29) is 25.9 Å². The highest BCUT2D eigenvalue weighted by Crippen LogP contribution is 2.26. The van der Waals surface area contributed by atoms with Gasteiger partial charge in [0.15, 0.2) is 24.6 Å². The summed E-state index contributed by atoms with van der Waals surface area (Å²) in [5.74, 6) is -3.27. The molecule has 0 bridgehead atoms. The Bertz CT molecular complexity index is 1670. The molecule has 0 aliphatic carbocycles. The zero-order chi connectivity index (χ0) is 54.7. The summed E-state index contributed by atoms with van der Waals surface area (Å²) < 4.78 is 28.3. The van der Waals surface area contributed by atoms with Crippen molar-refractivity contribution in [2.24, 2.45) is 0 Å². The standard InChI is InChI=1S/C63H102O12/c1-4-7-10-13-16-19-22-25-27-28-30-33-36-39-42-45-48-51-57(66)74-61-59(68)58(67)60(62(69)70)75-63(61)72-53-54(73-56(65)50-47-44-41-38-35-31-24-21-18-15-12-9-6-3)52-71-55(64)49-46-43-40-37-34-32-29-26-23-20-17-14-11-8-5-2/h8-9,11-12,17-18,20-21,25-27,29,31,35,41,44,54,58-61,63,67-68H,4-7,10,13-16,19,22-24,28,30,32-34,36-40,42-43,45-53H2,1-3H3,(H,69,70)/b11-8-,12-9-,20-17-,21-18-,27-25-,29-26-,35-31-,44-41-. The number of hydrogen-bond acceptors (Lipinski definition) is 11. The van der Waals surface area contributed by atoms with Crippen molar-refractivity contribution in [3.8, 4) is 0 Å². The van der Waals surface area contributed by atoms with Gasteiger partial charge in [-0.25, -0.2) is 4.79 Å². The van der Waals surface area contributed by atoms with Gasteiger partial charge in [-0.05, 0) is 103 Å². The number of allylic oxidation sites excluding steroid dienone is 16. The zero-order valence-electron chi connectivity index (χ0n) is 46.8. The second-order valence-electron chi connectivity index (χ2n) is 19.5. The first-order chi connectivity index (χ1) is 36.6. The van der Waals surface area contributed by atoms with Gasteiger partial charge in [0, 0.05) is 19.3 Å². The minimum absolute atomic E-state index is 0.0333. The van der Waals surface area contributed by atoms with Crippen LogP contribution in [0.3, 0.4) is 0 Å². The van der Waals surface area contributed by atoms with Crippen LogP contribution in [0.25, 0.3) is 0 Å². The lowest BCUT2D eigenvalue weighted by Gasteiger charge is -2.40. The van der Waals surface area contributed by atoms with Gasteiger partial charge in [-0.15, -0.1) is 0 Å². The third-order valence-electron chi connectivity index (χ3n) is 12.6. The summed E-state index contributed by atoms with van der Waals surface area (Å²) in [5.41, 5.74) is 0. The summed E-state index contributed by atoms with van der Waals surface area (Å²) >= 11 is 0. The number of carboxylic acids is 1. The van der Waals surface area contributed by atoms with Crippen molar-refractivity contribution in [2.75, 3.05) is 13.2 Å². The molecule has 12 nitrogen and oxygen atoms in total. The normalized spacial score (nSPS) is 18.9. The predicted octanol–water partition coefficient (Wildman–Crippen LogP) is 14.9. The Hall–Kier alpha value is -4.36. The molecule has 12 heteroatoms. The Morgan fingerprint density at radius 2 is 0.867 bits per heavy atom. The third-order valence-corrected chi connectivity index (χ3v) is 12.6. The van der Waals surface area contributed by atoms with Crippen molar-refractivity contribution in [3.05, 3.63) is 97.2 Å². The fraction of sp³-hybridized carbons (Fsp3) is 0.683. The molecule has 1 saturated heterocycles. The van der Waals surface area contributed by atoms with E-state index in [4.69, 9.17) is 23.7 Å². The van der Waals surface area contributed by atoms with Crippen LogP contribution in [0.1, 0.15) is 226 Å². The first kappa shape index (κ1) is 68.7. The molecule has 0 aromatic carbocycles. The van der Waals surface area contributed by atoms with E-state index in [1.807, 2.05) is 12.2 Å². The molecular formula is C63H102O12. The first-order valence-corrected chi connectivity index (χ1v) is 29.2. The summed E-state index contributed by atoms with van der Waals surface area (Å²) in [6.45, 7) is 5.67. The number of aliphatic hydroxyl groups excluding tert-OH is 2. The molecule has 0 amide bonds. The van der Waals surface area contributed by atoms with Crippen LogP contribution in [0.5, 0.6) is 0 Å². The summed E-state index contributed by atoms with van der Waals surface area (Å²) in [7, 11) is 0. The second kappa shape index (κ2) is 50.5. The van der Waals surface area contributed by atoms with E-state index in [2.05, 4.69) is 106 Å². The van der Waals surface area contributed by atoms with Gasteiger partial charge in [-0.1, -0.05) is 201 Å². The minimum Gasteiger partial charge on any atom is -0.479 e. The number of carbonyl (C=O) groups excluding carboxylic acids is 3. The van der Waals surface area contributed by atoms with Crippen LogP contribution in [0.4, 0.5) is 0 Å². The van der Waals surface area contributed by atoms with Gasteiger partial charge >= 0.3 is 23.9 Å². The zero-order valence-corrected chi connectivity index (χ0v) is 46.8. The maximum absolute atomic E-state index is 13.1. The average molecular weight is 1050 g/mol. The van der Waals surface area contributed by atoms with Crippen LogP contribution in [0.15, 0.2) is 97.2 Å². The Morgan fingerprint density at radius 1 is 0.453 bits per heavy atom. The average Bonchev–Trinajstić information content (AvgIpc) is 3.39. The van der Waals surface area contributed by atoms with Gasteiger partial charge in [0.1, 0.15) is 18.8 Å². The molecule has 6 unspecified atom stereocenters. The maximum Gasteiger partial charge on any atom is 0.335 e. The van der Waals surface area contributed by atoms with Crippen LogP contribution in [-0.4, -0.2) is 89.2 Å². The molecule has 0 saturated carbocycles. The molecule has 6 atom stereocenters. The largest absolute Gasteiger partial charge is 0.479 e. The van der Waals surface area contributed by atoms with E-state index < -0.39 is 67.3 Å². The number of carbonyl (C=O) groups is 4. The lowest BCUT2D eigenvalue weighted by molar-refractivity contribution is -0.301. The van der Waals surface area contributed by atoms with Crippen LogP contribution in [0, 0.1) is 0 Å². The topological polar surface area (TPSA) is 175 Å². The van der Waals surface area contributed by atoms with E-state index in [1.165, 1.54) is 51.4 Å². The number of unbranched alkanes of at least 4 members (excludes halogenated alkanes) is 18. The molecule has 1 aliphatic heterocycles. The summed E-state index contributed by atoms with van der Waals surface area (Å²) in [6, 6.07) is 0. The molecule has 75 heavy (non-hydrogen) atoms. The summed E-state index contributed by atoms with van der Waals surface area (Å²) in [5, 5.41) is 31.5. The smallest absolute Gasteiger partial charge is 0.335 e. The number of hydrogen-bond donors (Lipinski definition) is 3. The molecule has 426 valence electrons. The van der Waals surface area contributed by atoms with E-state index in [9.17, 15) is 34.5 Å². The maximum atomic E-state index is 13.1. The quantitative estimate of drug-likeness (QED) is 0.0228. The van der Waals surface area contributed by atoms with E-state index in [0.29, 0.717) is 25.7 Å². The number of carboxylic acid groups (broad SMARTS) is 1. The fourth-order valence-electron chi connectivity index (χ4n) is 8.21. The molecular weight excluding hydrogens is 949 g/mol. The lowest BCUT2D eigenvalue weighted by atomic mass is 9.98. The number of esters is 3. The van der Waals surface area contributed by atoms with Gasteiger partial charge < -0.3 is 39.0 Å². The van der Waals surface area contributed by atoms with Gasteiger partial charge in [-0.3, -0.25) is 14.4 Å². The van der Waals surface area contributed by atoms with Crippen LogP contribution in [-0.2, 0) is 42.9 Å². The monoisotopic (exact) mass is 1050 g/mol. The molecule has 0 spiro atoms. The molecule has 0 aromatic heterocycles. The molecule has 0 radical (unpaired) electrons. The highest BCUT2D eigenvalue weighted by molar-refractivity contribution is 5.74. The van der Waals surface area contributed by atoms with Crippen molar-refractivity contribution in [1.29, 1.82) is 0 Å². The van der Waals surface area contributed by atoms with E-state index in [0.717, 1.165) is 109 Å². The highest BCUT2D eigenvalue weighted by atomic mass is 16.7. The Balaban J connectivity index is 2.73. The van der Waals surface area contributed by atoms with Crippen LogP contribution >= 0.6 is 0 Å². The van der Waals surface area contributed by atoms with Gasteiger partial charge in [-0.2, -0.15) is 0 Å². The number of aliphatic hydroxyl groups is 2. The second-order valence-corrected chi connectivity index (χ2v) is 19.5. The number of rotatable bonds is 48. The van der Waals surface area contributed by atoms with Crippen molar-refractivity contribution < 1.29 is 58.2 Å². The Labute approximate surface area is 453 Å². The summed E-state index contributed by atoms with van der Waals surface area (Å²) in [6.07, 6.45) is 54.0. The third kappa shape index (κ3) is 40.6. The number of aliphatic carboxylic acids is 1. The predicted molar refractivity (Wildman–Crippen MR) is 303 cm³/mol. The van der Waals surface area contributed by atoms with Crippen LogP contribution in [0.2, 0.25) is 0 Å². The number of ether oxygens (including phenoxy) is 5. The van der Waals surface area contributed by atoms with Gasteiger partial charge in [0.2, 0.25) is 0 Å². The van der Waals surface area contributed by atoms with Crippen molar-refractivity contribution in [1.82, 2.24) is 0 Å². The molecule has 1 fully saturated rings. The van der Waals surface area contributed by atoms with E-state index in [1.54, 1.807) is 0 Å². The highest BCUT2D eigenvalue weighted by Gasteiger charge is 2.50. The SMILES string of the molecule is CC/C=C\C/C=C\C/C=C\C/C=C\CCC(=O)OC(COC(=O)CCCCCCC/C=C\C/C=C\C/C=C\CC)COC1OC(C(=O)O)C(O)C(O)C1OC(=O)CCCCCCCCC/C=C\CCCCCCCC. The molecule has 1 rings (SSSR count). The van der Waals surface area contributed by atoms with Gasteiger partial charge in [0.25, 0.3) is 0 Å².